The summed E-state index contributed by atoms with van der Waals surface area (Å²) in [4.78, 5) is 18.2. The van der Waals surface area contributed by atoms with Crippen LogP contribution in [-0.4, -0.2) is 34.2 Å². The first kappa shape index (κ1) is 25.6. The van der Waals surface area contributed by atoms with E-state index in [2.05, 4.69) is 4.98 Å². The zero-order valence-corrected chi connectivity index (χ0v) is 19.6. The maximum atomic E-state index is 13.5. The molecule has 0 radical (unpaired) electrons. The van der Waals surface area contributed by atoms with E-state index in [4.69, 9.17) is 4.74 Å². The minimum Gasteiger partial charge on any atom is -0.438 e. The number of halogens is 4. The molecule has 1 aromatic heterocycles. The van der Waals surface area contributed by atoms with E-state index in [9.17, 15) is 27.5 Å². The van der Waals surface area contributed by atoms with Crippen LogP contribution >= 0.6 is 0 Å². The molecule has 1 aliphatic heterocycles. The lowest BCUT2D eigenvalue weighted by Gasteiger charge is -2.43. The standard InChI is InChI=1S/C27H26F4N2O3/c1-18(19-3-5-20(6-4-19)21-7-12-24(32-17-21)27(29,30)31)33-15-14-26(13-2-16-34,36-25(33)35)22-8-10-23(28)11-9-22/h3-12,17-18,34H,2,13-16H2,1H3/t18-,26+/m0/s1. The van der Waals surface area contributed by atoms with Crippen molar-refractivity contribution < 1.29 is 32.2 Å². The first-order valence-corrected chi connectivity index (χ1v) is 11.6. The molecule has 2 aromatic carbocycles. The number of aliphatic hydroxyl groups excluding tert-OH is 1. The molecule has 9 heteroatoms. The molecule has 190 valence electrons. The van der Waals surface area contributed by atoms with Crippen molar-refractivity contribution in [3.05, 3.63) is 89.5 Å². The second-order valence-corrected chi connectivity index (χ2v) is 8.87. The summed E-state index contributed by atoms with van der Waals surface area (Å²) in [5.74, 6) is -0.385. The van der Waals surface area contributed by atoms with Crippen molar-refractivity contribution >= 4 is 6.09 Å². The SMILES string of the molecule is C[C@@H](c1ccc(-c2ccc(C(F)(F)F)nc2)cc1)N1CC[C@](CCCO)(c2ccc(F)cc2)OC1=O. The van der Waals surface area contributed by atoms with Crippen LogP contribution < -0.4 is 0 Å². The number of ether oxygens (including phenoxy) is 1. The third-order valence-electron chi connectivity index (χ3n) is 6.63. The molecule has 1 saturated heterocycles. The van der Waals surface area contributed by atoms with Gasteiger partial charge in [-0.15, -0.1) is 0 Å². The molecule has 1 N–H and O–H groups in total. The number of carbonyl (C=O) groups is 1. The lowest BCUT2D eigenvalue weighted by molar-refractivity contribution is -0.141. The fraction of sp³-hybridized carbons (Fsp3) is 0.333. The molecular weight excluding hydrogens is 476 g/mol. The summed E-state index contributed by atoms with van der Waals surface area (Å²) >= 11 is 0. The molecule has 0 spiro atoms. The second kappa shape index (κ2) is 10.3. The molecule has 3 aromatic rings. The lowest BCUT2D eigenvalue weighted by atomic mass is 9.84. The number of hydrogen-bond acceptors (Lipinski definition) is 4. The average Bonchev–Trinajstić information content (AvgIpc) is 2.87. The summed E-state index contributed by atoms with van der Waals surface area (Å²) in [7, 11) is 0. The monoisotopic (exact) mass is 502 g/mol. The number of carbonyl (C=O) groups excluding carboxylic acids is 1. The van der Waals surface area contributed by atoms with Gasteiger partial charge in [-0.1, -0.05) is 42.5 Å². The zero-order chi connectivity index (χ0) is 25.9. The van der Waals surface area contributed by atoms with Crippen molar-refractivity contribution in [2.45, 2.75) is 44.0 Å². The normalized spacial score (nSPS) is 19.2. The number of amides is 1. The molecule has 0 bridgehead atoms. The van der Waals surface area contributed by atoms with E-state index < -0.39 is 23.6 Å². The van der Waals surface area contributed by atoms with E-state index >= 15 is 0 Å². The number of aliphatic hydroxyl groups is 1. The van der Waals surface area contributed by atoms with Crippen LogP contribution in [0.15, 0.2) is 66.9 Å². The molecule has 2 heterocycles. The quantitative estimate of drug-likeness (QED) is 0.376. The number of pyridine rings is 1. The maximum Gasteiger partial charge on any atom is 0.433 e. The van der Waals surface area contributed by atoms with Gasteiger partial charge in [0.15, 0.2) is 0 Å². The van der Waals surface area contributed by atoms with Crippen LogP contribution in [0.25, 0.3) is 11.1 Å². The van der Waals surface area contributed by atoms with Crippen molar-refractivity contribution in [2.75, 3.05) is 13.2 Å². The molecule has 0 saturated carbocycles. The van der Waals surface area contributed by atoms with Crippen molar-refractivity contribution in [1.82, 2.24) is 9.88 Å². The number of hydrogen-bond donors (Lipinski definition) is 1. The largest absolute Gasteiger partial charge is 0.438 e. The van der Waals surface area contributed by atoms with Gasteiger partial charge < -0.3 is 14.7 Å². The highest BCUT2D eigenvalue weighted by atomic mass is 19.4. The van der Waals surface area contributed by atoms with Crippen LogP contribution in [0.4, 0.5) is 22.4 Å². The van der Waals surface area contributed by atoms with Crippen molar-refractivity contribution in [3.8, 4) is 11.1 Å². The van der Waals surface area contributed by atoms with Crippen LogP contribution in [0.3, 0.4) is 0 Å². The number of nitrogens with zero attached hydrogens (tertiary/aromatic N) is 2. The molecule has 36 heavy (non-hydrogen) atoms. The third-order valence-corrected chi connectivity index (χ3v) is 6.63. The third kappa shape index (κ3) is 5.36. The molecule has 5 nitrogen and oxygen atoms in total. The summed E-state index contributed by atoms with van der Waals surface area (Å²) in [5.41, 5.74) is 0.882. The number of benzene rings is 2. The van der Waals surface area contributed by atoms with E-state index in [0.29, 0.717) is 42.5 Å². The number of cyclic esters (lactones) is 1. The Balaban J connectivity index is 1.49. The Kier molecular flexibility index (Phi) is 7.31. The highest BCUT2D eigenvalue weighted by Gasteiger charge is 2.43. The summed E-state index contributed by atoms with van der Waals surface area (Å²) in [6.07, 6.45) is -2.49. The van der Waals surface area contributed by atoms with Crippen LogP contribution in [-0.2, 0) is 16.5 Å². The van der Waals surface area contributed by atoms with Crippen LogP contribution in [0, 0.1) is 5.82 Å². The first-order valence-electron chi connectivity index (χ1n) is 11.6. The molecule has 0 unspecified atom stereocenters. The highest BCUT2D eigenvalue weighted by Crippen LogP contribution is 2.40. The Morgan fingerprint density at radius 2 is 1.72 bits per heavy atom. The van der Waals surface area contributed by atoms with Gasteiger partial charge in [-0.2, -0.15) is 13.2 Å². The average molecular weight is 503 g/mol. The van der Waals surface area contributed by atoms with Crippen molar-refractivity contribution in [1.29, 1.82) is 0 Å². The van der Waals surface area contributed by atoms with Crippen molar-refractivity contribution in [2.24, 2.45) is 0 Å². The fourth-order valence-electron chi connectivity index (χ4n) is 4.53. The predicted molar refractivity (Wildman–Crippen MR) is 125 cm³/mol. The van der Waals surface area contributed by atoms with Crippen LogP contribution in [0.5, 0.6) is 0 Å². The molecule has 1 fully saturated rings. The smallest absolute Gasteiger partial charge is 0.433 e. The van der Waals surface area contributed by atoms with Crippen LogP contribution in [0.2, 0.25) is 0 Å². The van der Waals surface area contributed by atoms with Gasteiger partial charge in [0.25, 0.3) is 0 Å². The Morgan fingerprint density at radius 3 is 2.28 bits per heavy atom. The minimum atomic E-state index is -4.49. The van der Waals surface area contributed by atoms with Crippen molar-refractivity contribution in [3.63, 3.8) is 0 Å². The van der Waals surface area contributed by atoms with Gasteiger partial charge in [-0.3, -0.25) is 4.98 Å². The second-order valence-electron chi connectivity index (χ2n) is 8.87. The Morgan fingerprint density at radius 1 is 1.06 bits per heavy atom. The topological polar surface area (TPSA) is 62.7 Å². The van der Waals surface area contributed by atoms with Gasteiger partial charge in [0, 0.05) is 31.3 Å². The Labute approximate surface area is 206 Å². The highest BCUT2D eigenvalue weighted by molar-refractivity contribution is 5.70. The zero-order valence-electron chi connectivity index (χ0n) is 19.6. The van der Waals surface area contributed by atoms with Gasteiger partial charge in [-0.25, -0.2) is 9.18 Å². The van der Waals surface area contributed by atoms with Crippen LogP contribution in [0.1, 0.15) is 49.0 Å². The van der Waals surface area contributed by atoms with Gasteiger partial charge in [-0.05, 0) is 54.7 Å². The van der Waals surface area contributed by atoms with Gasteiger partial charge >= 0.3 is 12.3 Å². The van der Waals surface area contributed by atoms with E-state index in [1.807, 2.05) is 19.1 Å². The summed E-state index contributed by atoms with van der Waals surface area (Å²) in [6.45, 7) is 2.21. The number of aromatic nitrogens is 1. The number of alkyl halides is 3. The molecule has 1 amide bonds. The molecule has 1 aliphatic rings. The van der Waals surface area contributed by atoms with Gasteiger partial charge in [0.05, 0.1) is 6.04 Å². The summed E-state index contributed by atoms with van der Waals surface area (Å²) < 4.78 is 57.7. The summed E-state index contributed by atoms with van der Waals surface area (Å²) in [5, 5.41) is 9.35. The molecule has 2 atom stereocenters. The molecular formula is C27H26F4N2O3. The van der Waals surface area contributed by atoms with E-state index in [-0.39, 0.29) is 18.5 Å². The van der Waals surface area contributed by atoms with E-state index in [0.717, 1.165) is 11.6 Å². The maximum absolute atomic E-state index is 13.5. The Bertz CT molecular complexity index is 1180. The Hall–Kier alpha value is -3.46. The lowest BCUT2D eigenvalue weighted by Crippen LogP contribution is -2.48. The summed E-state index contributed by atoms with van der Waals surface area (Å²) in [6, 6.07) is 15.0. The van der Waals surface area contributed by atoms with Gasteiger partial charge in [0.2, 0.25) is 0 Å². The van der Waals surface area contributed by atoms with Gasteiger partial charge in [0.1, 0.15) is 17.1 Å². The first-order chi connectivity index (χ1) is 17.1. The van der Waals surface area contributed by atoms with E-state index in [1.165, 1.54) is 24.4 Å². The molecule has 0 aliphatic carbocycles. The minimum absolute atomic E-state index is 0.0542. The fourth-order valence-corrected chi connectivity index (χ4v) is 4.53. The predicted octanol–water partition coefficient (Wildman–Crippen LogP) is 6.48. The number of rotatable bonds is 7. The van der Waals surface area contributed by atoms with E-state index in [1.54, 1.807) is 29.2 Å². The molecule has 4 rings (SSSR count).